The number of rotatable bonds is 15. The van der Waals surface area contributed by atoms with Gasteiger partial charge < -0.3 is 19.9 Å². The SMILES string of the molecule is CCC(C)(C)c1ccc(OCCCCNC(=O)c2cc(Sc3nnnn3-c3ccc(C(=O)OC)cc3)c3ccccc3c2O)c(C(C)(C)CC)c1. The van der Waals surface area contributed by atoms with Gasteiger partial charge in [0.2, 0.25) is 5.16 Å². The lowest BCUT2D eigenvalue weighted by Gasteiger charge is -2.30. The van der Waals surface area contributed by atoms with Gasteiger partial charge in [0, 0.05) is 22.4 Å². The predicted molar refractivity (Wildman–Crippen MR) is 200 cm³/mol. The summed E-state index contributed by atoms with van der Waals surface area (Å²) in [7, 11) is 1.33. The lowest BCUT2D eigenvalue weighted by Crippen LogP contribution is -2.25. The first kappa shape index (κ1) is 37.4. The molecule has 5 rings (SSSR count). The van der Waals surface area contributed by atoms with E-state index in [1.165, 1.54) is 30.0 Å². The fourth-order valence-electron chi connectivity index (χ4n) is 5.65. The zero-order valence-electron chi connectivity index (χ0n) is 30.4. The highest BCUT2D eigenvalue weighted by Gasteiger charge is 2.27. The summed E-state index contributed by atoms with van der Waals surface area (Å²) in [6.07, 6.45) is 3.51. The van der Waals surface area contributed by atoms with Gasteiger partial charge in [-0.05, 0) is 106 Å². The number of hydrogen-bond donors (Lipinski definition) is 2. The number of unbranched alkanes of at least 4 members (excludes halogenated alkanes) is 1. The Morgan fingerprint density at radius 1 is 0.902 bits per heavy atom. The van der Waals surface area contributed by atoms with Crippen LogP contribution in [0.4, 0.5) is 0 Å². The fraction of sp³-hybridized carbons (Fsp3) is 0.375. The highest BCUT2D eigenvalue weighted by atomic mass is 32.2. The molecule has 5 aromatic rings. The second kappa shape index (κ2) is 16.0. The quantitative estimate of drug-likeness (QED) is 0.0813. The molecule has 0 bridgehead atoms. The third kappa shape index (κ3) is 8.36. The molecule has 0 unspecified atom stereocenters. The number of ether oxygens (including phenoxy) is 2. The smallest absolute Gasteiger partial charge is 0.337 e. The van der Waals surface area contributed by atoms with Gasteiger partial charge in [0.1, 0.15) is 11.5 Å². The van der Waals surface area contributed by atoms with Gasteiger partial charge in [0.05, 0.1) is 30.5 Å². The second-order valence-corrected chi connectivity index (χ2v) is 14.8. The fourth-order valence-corrected chi connectivity index (χ4v) is 6.62. The number of carbonyl (C=O) groups is 2. The minimum atomic E-state index is -0.440. The van der Waals surface area contributed by atoms with Crippen LogP contribution in [0.1, 0.15) is 99.1 Å². The van der Waals surface area contributed by atoms with Gasteiger partial charge in [0.15, 0.2) is 0 Å². The molecule has 1 heterocycles. The molecule has 0 radical (unpaired) electrons. The molecular formula is C40H47N5O5S. The molecule has 0 atom stereocenters. The normalized spacial score (nSPS) is 11.8. The molecule has 0 aliphatic carbocycles. The summed E-state index contributed by atoms with van der Waals surface area (Å²) in [5, 5.41) is 28.1. The Morgan fingerprint density at radius 3 is 2.29 bits per heavy atom. The number of nitrogens with zero attached hydrogens (tertiary/aromatic N) is 4. The Bertz CT molecular complexity index is 2000. The Hall–Kier alpha value is -4.90. The number of tetrazole rings is 1. The third-order valence-electron chi connectivity index (χ3n) is 9.77. The Morgan fingerprint density at radius 2 is 1.61 bits per heavy atom. The van der Waals surface area contributed by atoms with Crippen molar-refractivity contribution in [2.45, 2.75) is 88.1 Å². The van der Waals surface area contributed by atoms with E-state index in [0.29, 0.717) is 46.3 Å². The largest absolute Gasteiger partial charge is 0.506 e. The van der Waals surface area contributed by atoms with Crippen molar-refractivity contribution in [3.8, 4) is 17.2 Å². The number of aromatic hydroxyl groups is 1. The number of esters is 1. The number of carbonyl (C=O) groups excluding carboxylic acids is 2. The van der Waals surface area contributed by atoms with Gasteiger partial charge >= 0.3 is 5.97 Å². The standard InChI is InChI=1S/C40H47N5O5S/c1-8-39(3,4)27-18-21-33(32(24-27)40(5,6)9-2)50-23-13-12-22-41-36(47)31-25-34(29-14-10-11-15-30(29)35(31)46)51-38-42-43-44-45(38)28-19-16-26(17-20-28)37(48)49-7/h10-11,14-21,24-25,46H,8-9,12-13,22-23H2,1-7H3,(H,41,47). The zero-order valence-corrected chi connectivity index (χ0v) is 31.3. The van der Waals surface area contributed by atoms with E-state index in [1.807, 2.05) is 18.2 Å². The van der Waals surface area contributed by atoms with Crippen molar-refractivity contribution >= 4 is 34.4 Å². The van der Waals surface area contributed by atoms with Crippen LogP contribution in [0.2, 0.25) is 0 Å². The summed E-state index contributed by atoms with van der Waals surface area (Å²) < 4.78 is 12.7. The van der Waals surface area contributed by atoms with Crippen LogP contribution in [-0.4, -0.2) is 57.5 Å². The third-order valence-corrected chi connectivity index (χ3v) is 10.8. The number of fused-ring (bicyclic) bond motifs is 1. The van der Waals surface area contributed by atoms with E-state index in [-0.39, 0.29) is 28.1 Å². The molecule has 11 heteroatoms. The molecule has 268 valence electrons. The molecule has 4 aromatic carbocycles. The van der Waals surface area contributed by atoms with Crippen LogP contribution in [0.3, 0.4) is 0 Å². The van der Waals surface area contributed by atoms with Crippen LogP contribution in [0.5, 0.6) is 11.5 Å². The zero-order chi connectivity index (χ0) is 36.8. The maximum atomic E-state index is 13.4. The second-order valence-electron chi connectivity index (χ2n) is 13.8. The number of phenols is 1. The topological polar surface area (TPSA) is 128 Å². The highest BCUT2D eigenvalue weighted by molar-refractivity contribution is 7.99. The highest BCUT2D eigenvalue weighted by Crippen LogP contribution is 2.40. The molecule has 0 aliphatic rings. The molecular weight excluding hydrogens is 663 g/mol. The van der Waals surface area contributed by atoms with E-state index in [2.05, 4.69) is 80.6 Å². The maximum absolute atomic E-state index is 13.4. The van der Waals surface area contributed by atoms with Crippen LogP contribution in [0.25, 0.3) is 16.5 Å². The van der Waals surface area contributed by atoms with Crippen LogP contribution < -0.4 is 10.1 Å². The maximum Gasteiger partial charge on any atom is 0.337 e. The summed E-state index contributed by atoms with van der Waals surface area (Å²) >= 11 is 1.27. The number of nitrogens with one attached hydrogen (secondary N) is 1. The number of aromatic nitrogens is 4. The van der Waals surface area contributed by atoms with Crippen molar-refractivity contribution < 1.29 is 24.2 Å². The summed E-state index contributed by atoms with van der Waals surface area (Å²) in [5.41, 5.74) is 3.82. The lowest BCUT2D eigenvalue weighted by atomic mass is 9.76. The van der Waals surface area contributed by atoms with Gasteiger partial charge in [-0.3, -0.25) is 4.79 Å². The number of phenolic OH excluding ortho intramolecular Hbond substituents is 1. The van der Waals surface area contributed by atoms with Crippen molar-refractivity contribution in [2.75, 3.05) is 20.3 Å². The number of benzene rings is 4. The van der Waals surface area contributed by atoms with Crippen molar-refractivity contribution in [2.24, 2.45) is 0 Å². The first-order valence-corrected chi connectivity index (χ1v) is 18.2. The van der Waals surface area contributed by atoms with Gasteiger partial charge in [-0.2, -0.15) is 4.68 Å². The van der Waals surface area contributed by atoms with E-state index in [1.54, 1.807) is 41.1 Å². The molecule has 0 spiro atoms. The van der Waals surface area contributed by atoms with Gasteiger partial charge in [-0.1, -0.05) is 77.9 Å². The molecule has 0 aliphatic heterocycles. The van der Waals surface area contributed by atoms with Gasteiger partial charge in [-0.25, -0.2) is 4.79 Å². The number of hydrogen-bond acceptors (Lipinski definition) is 9. The van der Waals surface area contributed by atoms with E-state index in [0.717, 1.165) is 30.4 Å². The molecule has 1 amide bonds. The van der Waals surface area contributed by atoms with Crippen molar-refractivity contribution in [3.05, 3.63) is 95.1 Å². The van der Waals surface area contributed by atoms with Crippen molar-refractivity contribution in [1.29, 1.82) is 0 Å². The summed E-state index contributed by atoms with van der Waals surface area (Å²) in [5.74, 6) is 0.0107. The van der Waals surface area contributed by atoms with Crippen molar-refractivity contribution in [3.63, 3.8) is 0 Å². The Kier molecular flexibility index (Phi) is 11.7. The molecule has 0 saturated heterocycles. The Balaban J connectivity index is 1.25. The van der Waals surface area contributed by atoms with Crippen molar-refractivity contribution in [1.82, 2.24) is 25.5 Å². The minimum absolute atomic E-state index is 0.0222. The molecule has 51 heavy (non-hydrogen) atoms. The van der Waals surface area contributed by atoms with E-state index < -0.39 is 5.97 Å². The van der Waals surface area contributed by atoms with E-state index in [4.69, 9.17) is 9.47 Å². The van der Waals surface area contributed by atoms with Crippen LogP contribution in [0.15, 0.2) is 82.8 Å². The number of methoxy groups -OCH3 is 1. The monoisotopic (exact) mass is 709 g/mol. The van der Waals surface area contributed by atoms with Gasteiger partial charge in [-0.15, -0.1) is 5.10 Å². The first-order chi connectivity index (χ1) is 24.4. The van der Waals surface area contributed by atoms with Gasteiger partial charge in [0.25, 0.3) is 5.91 Å². The van der Waals surface area contributed by atoms with Crippen LogP contribution in [-0.2, 0) is 15.6 Å². The van der Waals surface area contributed by atoms with Crippen LogP contribution in [0, 0.1) is 0 Å². The lowest BCUT2D eigenvalue weighted by molar-refractivity contribution is 0.0600. The molecule has 0 saturated carbocycles. The Labute approximate surface area is 303 Å². The average molecular weight is 710 g/mol. The number of amides is 1. The minimum Gasteiger partial charge on any atom is -0.506 e. The van der Waals surface area contributed by atoms with E-state index >= 15 is 0 Å². The first-order valence-electron chi connectivity index (χ1n) is 17.4. The summed E-state index contributed by atoms with van der Waals surface area (Å²) in [6, 6.07) is 22.3. The molecule has 0 fully saturated rings. The average Bonchev–Trinajstić information content (AvgIpc) is 3.61. The summed E-state index contributed by atoms with van der Waals surface area (Å²) in [6.45, 7) is 14.4. The molecule has 10 nitrogen and oxygen atoms in total. The predicted octanol–water partition coefficient (Wildman–Crippen LogP) is 8.42. The summed E-state index contributed by atoms with van der Waals surface area (Å²) in [4.78, 5) is 26.0. The molecule has 2 N–H and O–H groups in total. The van der Waals surface area contributed by atoms with Crippen LogP contribution >= 0.6 is 11.8 Å². The molecule has 1 aromatic heterocycles. The van der Waals surface area contributed by atoms with E-state index in [9.17, 15) is 14.7 Å².